The Morgan fingerprint density at radius 2 is 1.25 bits per heavy atom. The van der Waals surface area contributed by atoms with E-state index in [0.29, 0.717) is 0 Å². The molecular formula is C27H28Si. The summed E-state index contributed by atoms with van der Waals surface area (Å²) in [6, 6.07) is 34.8. The minimum absolute atomic E-state index is 1.10. The normalized spacial score (nSPS) is 13.9. The molecule has 1 aliphatic carbocycles. The largest absolute Gasteiger partial charge is 0.149 e. The van der Waals surface area contributed by atoms with E-state index in [0.717, 1.165) is 12.5 Å². The molecule has 3 aromatic rings. The molecule has 0 aromatic heterocycles. The van der Waals surface area contributed by atoms with E-state index in [1.165, 1.54) is 28.8 Å². The lowest BCUT2D eigenvalue weighted by Gasteiger charge is -2.36. The Bertz CT molecular complexity index is 913. The van der Waals surface area contributed by atoms with Crippen LogP contribution in [0, 0.1) is 0 Å². The van der Waals surface area contributed by atoms with Gasteiger partial charge in [-0.15, -0.1) is 0 Å². The molecule has 0 unspecified atom stereocenters. The Kier molecular flexibility index (Phi) is 5.73. The van der Waals surface area contributed by atoms with Crippen LogP contribution in [0.2, 0.25) is 0 Å². The van der Waals surface area contributed by atoms with Crippen molar-refractivity contribution >= 4 is 18.4 Å². The van der Waals surface area contributed by atoms with Gasteiger partial charge in [0.15, 0.2) is 0 Å². The highest BCUT2D eigenvalue weighted by molar-refractivity contribution is 7.07. The third-order valence-corrected chi connectivity index (χ3v) is 11.0. The molecule has 0 amide bonds. The highest BCUT2D eigenvalue weighted by Crippen LogP contribution is 2.33. The first-order valence-electron chi connectivity index (χ1n) is 10.4. The van der Waals surface area contributed by atoms with Gasteiger partial charge >= 0.3 is 0 Å². The molecule has 0 aliphatic heterocycles. The first kappa shape index (κ1) is 18.7. The third kappa shape index (κ3) is 3.55. The lowest BCUT2D eigenvalue weighted by atomic mass is 10.2. The van der Waals surface area contributed by atoms with Crippen LogP contribution >= 0.6 is 0 Å². The monoisotopic (exact) mass is 380 g/mol. The zero-order valence-electron chi connectivity index (χ0n) is 16.6. The maximum atomic E-state index is 2.40. The standard InChI is InChI=1S/C27H28Si/c1-2-13-24-16-12-21-27(24)28(25-17-8-4-9-18-25,26-19-10-5-11-20-26)22-23-14-6-3-7-15-23/h3-12,14-20H,2,13,21-22H2,1H3. The number of rotatable bonds is 7. The second-order valence-corrected chi connectivity index (χ2v) is 11.6. The zero-order valence-corrected chi connectivity index (χ0v) is 17.6. The second kappa shape index (κ2) is 8.58. The maximum absolute atomic E-state index is 2.40. The van der Waals surface area contributed by atoms with Crippen molar-refractivity contribution in [3.05, 3.63) is 119 Å². The predicted molar refractivity (Wildman–Crippen MR) is 124 cm³/mol. The van der Waals surface area contributed by atoms with Crippen LogP contribution in [0.25, 0.3) is 0 Å². The van der Waals surface area contributed by atoms with E-state index in [1.807, 2.05) is 0 Å². The average Bonchev–Trinajstić information content (AvgIpc) is 3.23. The summed E-state index contributed by atoms with van der Waals surface area (Å²) < 4.78 is 0. The van der Waals surface area contributed by atoms with Crippen molar-refractivity contribution in [3.63, 3.8) is 0 Å². The summed E-state index contributed by atoms with van der Waals surface area (Å²) in [5.41, 5.74) is 3.02. The molecule has 3 aromatic carbocycles. The van der Waals surface area contributed by atoms with Crippen molar-refractivity contribution in [2.45, 2.75) is 32.2 Å². The molecule has 0 saturated carbocycles. The first-order valence-corrected chi connectivity index (χ1v) is 12.6. The van der Waals surface area contributed by atoms with Crippen LogP contribution in [-0.4, -0.2) is 8.07 Å². The summed E-state index contributed by atoms with van der Waals surface area (Å²) in [5.74, 6) is 0. The van der Waals surface area contributed by atoms with Crippen molar-refractivity contribution in [1.29, 1.82) is 0 Å². The first-order chi connectivity index (χ1) is 13.8. The highest BCUT2D eigenvalue weighted by atomic mass is 28.3. The molecule has 0 spiro atoms. The second-order valence-electron chi connectivity index (χ2n) is 7.66. The van der Waals surface area contributed by atoms with Crippen molar-refractivity contribution in [2.24, 2.45) is 0 Å². The fourth-order valence-corrected chi connectivity index (χ4v) is 9.92. The molecule has 0 bridgehead atoms. The van der Waals surface area contributed by atoms with Crippen LogP contribution in [0.3, 0.4) is 0 Å². The van der Waals surface area contributed by atoms with Crippen LogP contribution in [-0.2, 0) is 6.04 Å². The van der Waals surface area contributed by atoms with E-state index in [2.05, 4.69) is 110 Å². The lowest BCUT2D eigenvalue weighted by Crippen LogP contribution is -2.62. The molecule has 1 aliphatic rings. The predicted octanol–water partition coefficient (Wildman–Crippen LogP) is 5.63. The molecule has 4 rings (SSSR count). The smallest absolute Gasteiger partial charge is 0.0806 e. The maximum Gasteiger partial charge on any atom is 0.149 e. The van der Waals surface area contributed by atoms with Crippen molar-refractivity contribution in [3.8, 4) is 0 Å². The number of hydrogen-bond acceptors (Lipinski definition) is 0. The van der Waals surface area contributed by atoms with Gasteiger partial charge in [0, 0.05) is 0 Å². The molecule has 0 N–H and O–H groups in total. The van der Waals surface area contributed by atoms with E-state index in [4.69, 9.17) is 0 Å². The topological polar surface area (TPSA) is 0 Å². The van der Waals surface area contributed by atoms with Crippen LogP contribution in [0.1, 0.15) is 31.7 Å². The molecule has 28 heavy (non-hydrogen) atoms. The summed E-state index contributed by atoms with van der Waals surface area (Å²) in [6.45, 7) is 2.29. The minimum atomic E-state index is -2.14. The molecule has 0 radical (unpaired) electrons. The summed E-state index contributed by atoms with van der Waals surface area (Å²) in [5, 5.41) is 4.75. The SMILES string of the molecule is CCCC1=C([Si](Cc2ccccc2)(c2ccccc2)c2ccccc2)CC=C1. The molecule has 140 valence electrons. The molecule has 0 saturated heterocycles. The summed E-state index contributed by atoms with van der Waals surface area (Å²) in [6.07, 6.45) is 8.26. The van der Waals surface area contributed by atoms with Crippen molar-refractivity contribution in [1.82, 2.24) is 0 Å². The lowest BCUT2D eigenvalue weighted by molar-refractivity contribution is 0.923. The van der Waals surface area contributed by atoms with Gasteiger partial charge in [-0.25, -0.2) is 0 Å². The Morgan fingerprint density at radius 3 is 1.79 bits per heavy atom. The van der Waals surface area contributed by atoms with E-state index in [-0.39, 0.29) is 0 Å². The van der Waals surface area contributed by atoms with E-state index < -0.39 is 8.07 Å². The van der Waals surface area contributed by atoms with E-state index >= 15 is 0 Å². The summed E-state index contributed by atoms with van der Waals surface area (Å²) in [7, 11) is -2.14. The molecule has 0 heterocycles. The van der Waals surface area contributed by atoms with E-state index in [1.54, 1.807) is 10.8 Å². The molecule has 0 fully saturated rings. The molecular weight excluding hydrogens is 352 g/mol. The Balaban J connectivity index is 1.99. The van der Waals surface area contributed by atoms with Gasteiger partial charge in [0.25, 0.3) is 0 Å². The van der Waals surface area contributed by atoms with Crippen LogP contribution < -0.4 is 10.4 Å². The quantitative estimate of drug-likeness (QED) is 0.466. The third-order valence-electron chi connectivity index (χ3n) is 5.91. The number of hydrogen-bond donors (Lipinski definition) is 0. The summed E-state index contributed by atoms with van der Waals surface area (Å²) in [4.78, 5) is 0. The number of allylic oxidation sites excluding steroid dienone is 4. The van der Waals surface area contributed by atoms with Crippen LogP contribution in [0.5, 0.6) is 0 Å². The van der Waals surface area contributed by atoms with Crippen LogP contribution in [0.15, 0.2) is 114 Å². The van der Waals surface area contributed by atoms with Crippen molar-refractivity contribution < 1.29 is 0 Å². The van der Waals surface area contributed by atoms with Gasteiger partial charge in [-0.2, -0.15) is 0 Å². The Hall–Kier alpha value is -2.64. The van der Waals surface area contributed by atoms with Gasteiger partial charge in [0.1, 0.15) is 8.07 Å². The average molecular weight is 381 g/mol. The summed E-state index contributed by atoms with van der Waals surface area (Å²) >= 11 is 0. The van der Waals surface area contributed by atoms with E-state index in [9.17, 15) is 0 Å². The van der Waals surface area contributed by atoms with Crippen LogP contribution in [0.4, 0.5) is 0 Å². The Labute approximate surface area is 170 Å². The fourth-order valence-electron chi connectivity index (χ4n) is 4.68. The van der Waals surface area contributed by atoms with Gasteiger partial charge in [-0.05, 0) is 34.8 Å². The van der Waals surface area contributed by atoms with Crippen molar-refractivity contribution in [2.75, 3.05) is 0 Å². The number of benzene rings is 3. The van der Waals surface area contributed by atoms with Gasteiger partial charge in [-0.1, -0.05) is 127 Å². The minimum Gasteiger partial charge on any atom is -0.0806 e. The van der Waals surface area contributed by atoms with Gasteiger partial charge < -0.3 is 0 Å². The zero-order chi connectivity index (χ0) is 19.2. The fraction of sp³-hybridized carbons (Fsp3) is 0.185. The molecule has 1 heteroatoms. The van der Waals surface area contributed by atoms with Gasteiger partial charge in [-0.3, -0.25) is 0 Å². The highest BCUT2D eigenvalue weighted by Gasteiger charge is 2.42. The Morgan fingerprint density at radius 1 is 0.714 bits per heavy atom. The van der Waals surface area contributed by atoms with Gasteiger partial charge in [0.05, 0.1) is 0 Å². The molecule has 0 atom stereocenters. The van der Waals surface area contributed by atoms with Gasteiger partial charge in [0.2, 0.25) is 0 Å². The molecule has 0 nitrogen and oxygen atoms in total.